The maximum Gasteiger partial charge on any atom is 0.331 e. The van der Waals surface area contributed by atoms with E-state index in [4.69, 9.17) is 23.7 Å². The van der Waals surface area contributed by atoms with Gasteiger partial charge >= 0.3 is 5.97 Å². The molecule has 15 nitrogen and oxygen atoms in total. The summed E-state index contributed by atoms with van der Waals surface area (Å²) in [6.07, 6.45) is -12.5. The Kier molecular flexibility index (Phi) is 11.0. The Morgan fingerprint density at radius 2 is 1.52 bits per heavy atom. The molecule has 0 aromatic heterocycles. The van der Waals surface area contributed by atoms with Gasteiger partial charge in [-0.2, -0.15) is 0 Å². The number of aliphatic hydroxyl groups excluding tert-OH is 5. The zero-order valence-corrected chi connectivity index (χ0v) is 23.5. The van der Waals surface area contributed by atoms with E-state index >= 15 is 0 Å². The second-order valence-corrected chi connectivity index (χ2v) is 10.4. The Balaban J connectivity index is 1.57. The summed E-state index contributed by atoms with van der Waals surface area (Å²) in [7, 11) is 0. The molecule has 2 aliphatic heterocycles. The number of ether oxygens (including phenoxy) is 5. The number of phenols is 4. The van der Waals surface area contributed by atoms with Crippen LogP contribution in [0.25, 0.3) is 6.08 Å². The first-order valence-electron chi connectivity index (χ1n) is 13.7. The molecule has 0 spiro atoms. The number of carbonyl (C=O) groups is 1. The predicted molar refractivity (Wildman–Crippen MR) is 147 cm³/mol. The van der Waals surface area contributed by atoms with Crippen molar-refractivity contribution >= 4 is 12.0 Å². The number of hydrogen-bond acceptors (Lipinski definition) is 15. The van der Waals surface area contributed by atoms with E-state index in [-0.39, 0.29) is 30.3 Å². The summed E-state index contributed by atoms with van der Waals surface area (Å²) < 4.78 is 28.4. The average molecular weight is 625 g/mol. The number of aromatic hydroxyl groups is 4. The molecule has 2 aliphatic rings. The maximum atomic E-state index is 12.9. The molecule has 2 aromatic carbocycles. The molecule has 0 bridgehead atoms. The van der Waals surface area contributed by atoms with Gasteiger partial charge in [-0.15, -0.1) is 0 Å². The van der Waals surface area contributed by atoms with Gasteiger partial charge in [0, 0.05) is 6.08 Å². The van der Waals surface area contributed by atoms with E-state index in [0.717, 1.165) is 6.08 Å². The minimum atomic E-state index is -1.77. The monoisotopic (exact) mass is 624 g/mol. The lowest BCUT2D eigenvalue weighted by atomic mass is 9.96. The molecule has 2 fully saturated rings. The zero-order chi connectivity index (χ0) is 32.1. The summed E-state index contributed by atoms with van der Waals surface area (Å²) in [5.74, 6) is -2.42. The first kappa shape index (κ1) is 33.4. The smallest absolute Gasteiger partial charge is 0.331 e. The third-order valence-corrected chi connectivity index (χ3v) is 7.29. The molecule has 44 heavy (non-hydrogen) atoms. The number of esters is 1. The number of carbonyl (C=O) groups excluding carboxylic acids is 1. The van der Waals surface area contributed by atoms with E-state index in [9.17, 15) is 50.8 Å². The molecule has 2 saturated heterocycles. The van der Waals surface area contributed by atoms with Crippen LogP contribution in [0, 0.1) is 0 Å². The minimum Gasteiger partial charge on any atom is -0.504 e. The molecule has 242 valence electrons. The third-order valence-electron chi connectivity index (χ3n) is 7.29. The van der Waals surface area contributed by atoms with E-state index in [2.05, 4.69) is 0 Å². The normalized spacial score (nSPS) is 32.5. The highest BCUT2D eigenvalue weighted by atomic mass is 16.7. The molecule has 10 atom stereocenters. The third kappa shape index (κ3) is 7.76. The zero-order valence-electron chi connectivity index (χ0n) is 23.5. The average Bonchev–Trinajstić information content (AvgIpc) is 2.99. The number of phenolic OH excluding ortho intramolecular Hbond substituents is 4. The van der Waals surface area contributed by atoms with E-state index in [1.807, 2.05) is 0 Å². The SMILES string of the molecule is C[C@@H]1O[C@@H](O[C@@H]2[C@@H](OCCc3ccc(O)c(O)c3)[C@H](O)O[C@H](CO)[C@H]2OC(=O)/C=C/c2ccc(O)c(O)c2)[C@H](O)[C@H](O)[C@H]1O. The van der Waals surface area contributed by atoms with Crippen LogP contribution in [0.5, 0.6) is 23.0 Å². The van der Waals surface area contributed by atoms with Crippen LogP contribution in [-0.4, -0.2) is 127 Å². The number of aliphatic hydroxyl groups is 5. The van der Waals surface area contributed by atoms with Crippen molar-refractivity contribution in [2.75, 3.05) is 13.2 Å². The molecule has 0 aliphatic carbocycles. The standard InChI is InChI=1S/C29H36O15/c1-13-22(36)23(37)24(38)29(41-13)44-26-25(43-21(35)7-4-14-2-5-16(31)18(33)10-14)20(12-30)42-28(39)27(26)40-9-8-15-3-6-17(32)19(34)11-15/h2-7,10-11,13,20,22-34,36-39H,8-9,12H2,1H3/b7-4+/t13-,20+,22-,23+,24+,25+,26-,27+,28+,29-/m0/s1. The van der Waals surface area contributed by atoms with Crippen molar-refractivity contribution in [1.82, 2.24) is 0 Å². The van der Waals surface area contributed by atoms with Gasteiger partial charge in [0.1, 0.15) is 36.6 Å². The van der Waals surface area contributed by atoms with Crippen LogP contribution in [0.1, 0.15) is 18.1 Å². The fourth-order valence-electron chi connectivity index (χ4n) is 4.82. The second-order valence-electron chi connectivity index (χ2n) is 10.4. The molecular formula is C29H36O15. The van der Waals surface area contributed by atoms with Crippen LogP contribution < -0.4 is 0 Å². The Hall–Kier alpha value is -3.51. The minimum absolute atomic E-state index is 0.115. The molecule has 2 heterocycles. The molecule has 9 N–H and O–H groups in total. The Labute approximate surface area is 251 Å². The van der Waals surface area contributed by atoms with E-state index < -0.39 is 79.7 Å². The van der Waals surface area contributed by atoms with Crippen LogP contribution in [0.15, 0.2) is 42.5 Å². The van der Waals surface area contributed by atoms with Crippen molar-refractivity contribution in [3.63, 3.8) is 0 Å². The highest BCUT2D eigenvalue weighted by Crippen LogP contribution is 2.32. The summed E-state index contributed by atoms with van der Waals surface area (Å²) in [6.45, 7) is 0.557. The first-order chi connectivity index (χ1) is 20.9. The van der Waals surface area contributed by atoms with Crippen molar-refractivity contribution in [3.8, 4) is 23.0 Å². The van der Waals surface area contributed by atoms with Gasteiger partial charge in [-0.05, 0) is 54.8 Å². The number of rotatable bonds is 10. The van der Waals surface area contributed by atoms with Gasteiger partial charge in [0.05, 0.1) is 19.3 Å². The molecule has 0 unspecified atom stereocenters. The summed E-state index contributed by atoms with van der Waals surface area (Å²) in [5.41, 5.74) is 0.892. The van der Waals surface area contributed by atoms with Crippen molar-refractivity contribution in [2.45, 2.75) is 74.8 Å². The van der Waals surface area contributed by atoms with Gasteiger partial charge < -0.3 is 69.6 Å². The predicted octanol–water partition coefficient (Wildman–Crippen LogP) is -1.02. The Morgan fingerprint density at radius 3 is 2.18 bits per heavy atom. The summed E-state index contributed by atoms with van der Waals surface area (Å²) in [5, 5.41) is 90.3. The van der Waals surface area contributed by atoms with Crippen LogP contribution in [0.4, 0.5) is 0 Å². The van der Waals surface area contributed by atoms with Crippen molar-refractivity contribution in [2.24, 2.45) is 0 Å². The second kappa shape index (κ2) is 14.5. The Bertz CT molecular complexity index is 1300. The highest BCUT2D eigenvalue weighted by molar-refractivity contribution is 5.87. The van der Waals surface area contributed by atoms with Gasteiger partial charge in [0.25, 0.3) is 0 Å². The van der Waals surface area contributed by atoms with Crippen molar-refractivity contribution < 1.29 is 74.4 Å². The maximum absolute atomic E-state index is 12.9. The molecule has 2 aromatic rings. The van der Waals surface area contributed by atoms with Crippen LogP contribution in [0.2, 0.25) is 0 Å². The molecule has 0 saturated carbocycles. The van der Waals surface area contributed by atoms with Gasteiger partial charge in [-0.3, -0.25) is 0 Å². The first-order valence-corrected chi connectivity index (χ1v) is 13.7. The van der Waals surface area contributed by atoms with Gasteiger partial charge in [-0.1, -0.05) is 12.1 Å². The van der Waals surface area contributed by atoms with E-state index in [0.29, 0.717) is 11.1 Å². The van der Waals surface area contributed by atoms with Crippen LogP contribution in [-0.2, 0) is 34.9 Å². The number of benzene rings is 2. The van der Waals surface area contributed by atoms with Gasteiger partial charge in [0.15, 0.2) is 41.7 Å². The van der Waals surface area contributed by atoms with Crippen LogP contribution >= 0.6 is 0 Å². The molecule has 0 radical (unpaired) electrons. The van der Waals surface area contributed by atoms with E-state index in [1.165, 1.54) is 49.4 Å². The van der Waals surface area contributed by atoms with E-state index in [1.54, 1.807) is 0 Å². The summed E-state index contributed by atoms with van der Waals surface area (Å²) >= 11 is 0. The quantitative estimate of drug-likeness (QED) is 0.0873. The molecular weight excluding hydrogens is 588 g/mol. The highest BCUT2D eigenvalue weighted by Gasteiger charge is 2.52. The lowest BCUT2D eigenvalue weighted by Gasteiger charge is -2.46. The largest absolute Gasteiger partial charge is 0.504 e. The lowest BCUT2D eigenvalue weighted by Crippen LogP contribution is -2.65. The van der Waals surface area contributed by atoms with Crippen LogP contribution in [0.3, 0.4) is 0 Å². The summed E-state index contributed by atoms with van der Waals surface area (Å²) in [4.78, 5) is 12.9. The van der Waals surface area contributed by atoms with Crippen molar-refractivity contribution in [1.29, 1.82) is 0 Å². The fourth-order valence-corrected chi connectivity index (χ4v) is 4.82. The summed E-state index contributed by atoms with van der Waals surface area (Å²) in [6, 6.07) is 7.96. The Morgan fingerprint density at radius 1 is 0.841 bits per heavy atom. The van der Waals surface area contributed by atoms with Crippen molar-refractivity contribution in [3.05, 3.63) is 53.6 Å². The molecule has 0 amide bonds. The van der Waals surface area contributed by atoms with Gasteiger partial charge in [0.2, 0.25) is 0 Å². The topological polar surface area (TPSA) is 245 Å². The number of hydrogen-bond donors (Lipinski definition) is 9. The van der Waals surface area contributed by atoms with Gasteiger partial charge in [-0.25, -0.2) is 4.79 Å². The lowest BCUT2D eigenvalue weighted by molar-refractivity contribution is -0.357. The fraction of sp³-hybridized carbons (Fsp3) is 0.483. The molecule has 4 rings (SSSR count). The molecule has 15 heteroatoms.